The lowest BCUT2D eigenvalue weighted by atomic mass is 10.2. The van der Waals surface area contributed by atoms with Crippen LogP contribution in [0.15, 0.2) is 65.8 Å². The Morgan fingerprint density at radius 1 is 1.04 bits per heavy atom. The normalized spacial score (nSPS) is 10.9. The first-order valence-electron chi connectivity index (χ1n) is 8.93. The minimum atomic E-state index is -0.136. The zero-order valence-corrected chi connectivity index (χ0v) is 15.7. The number of hydrogen-bond acceptors (Lipinski definition) is 5. The van der Waals surface area contributed by atoms with Crippen LogP contribution in [-0.4, -0.2) is 33.0 Å². The Kier molecular flexibility index (Phi) is 4.80. The standard InChI is InChI=1S/C21H20N4O3/c1-15-5-3-4-6-19(15)25-20-18(13-23-25)21(26)24(14-22-20)11-12-28-17-9-7-16(27-2)8-10-17/h3-10,13-14H,11-12H2,1-2H3. The zero-order chi connectivity index (χ0) is 19.5. The molecular weight excluding hydrogens is 356 g/mol. The van der Waals surface area contributed by atoms with E-state index in [4.69, 9.17) is 9.47 Å². The molecule has 2 heterocycles. The first kappa shape index (κ1) is 17.8. The predicted molar refractivity (Wildman–Crippen MR) is 106 cm³/mol. The van der Waals surface area contributed by atoms with Crippen LogP contribution in [0.3, 0.4) is 0 Å². The summed E-state index contributed by atoms with van der Waals surface area (Å²) in [6, 6.07) is 15.2. The van der Waals surface area contributed by atoms with Gasteiger partial charge in [-0.15, -0.1) is 0 Å². The molecule has 4 aromatic rings. The highest BCUT2D eigenvalue weighted by molar-refractivity contribution is 5.75. The number of benzene rings is 2. The van der Waals surface area contributed by atoms with E-state index < -0.39 is 0 Å². The molecular formula is C21H20N4O3. The molecule has 0 N–H and O–H groups in total. The maximum absolute atomic E-state index is 12.8. The Morgan fingerprint density at radius 3 is 2.54 bits per heavy atom. The Morgan fingerprint density at radius 2 is 1.79 bits per heavy atom. The van der Waals surface area contributed by atoms with Gasteiger partial charge >= 0.3 is 0 Å². The van der Waals surface area contributed by atoms with Crippen molar-refractivity contribution >= 4 is 11.0 Å². The van der Waals surface area contributed by atoms with Crippen molar-refractivity contribution in [3.63, 3.8) is 0 Å². The lowest BCUT2D eigenvalue weighted by molar-refractivity contribution is 0.295. The first-order valence-corrected chi connectivity index (χ1v) is 8.93. The van der Waals surface area contributed by atoms with Crippen molar-refractivity contribution in [3.8, 4) is 17.2 Å². The summed E-state index contributed by atoms with van der Waals surface area (Å²) in [5.74, 6) is 1.49. The first-order chi connectivity index (χ1) is 13.7. The van der Waals surface area contributed by atoms with Crippen LogP contribution < -0.4 is 15.0 Å². The Bertz CT molecular complexity index is 1160. The van der Waals surface area contributed by atoms with Crippen molar-refractivity contribution in [2.75, 3.05) is 13.7 Å². The molecule has 0 unspecified atom stereocenters. The van der Waals surface area contributed by atoms with Crippen molar-refractivity contribution in [2.45, 2.75) is 13.5 Å². The van der Waals surface area contributed by atoms with Gasteiger partial charge in [0.25, 0.3) is 5.56 Å². The second kappa shape index (κ2) is 7.56. The number of aromatic nitrogens is 4. The fourth-order valence-corrected chi connectivity index (χ4v) is 3.02. The molecule has 0 spiro atoms. The van der Waals surface area contributed by atoms with E-state index in [9.17, 15) is 4.79 Å². The average Bonchev–Trinajstić information content (AvgIpc) is 3.15. The molecule has 7 nitrogen and oxygen atoms in total. The largest absolute Gasteiger partial charge is 0.497 e. The fraction of sp³-hybridized carbons (Fsp3) is 0.190. The second-order valence-electron chi connectivity index (χ2n) is 6.35. The summed E-state index contributed by atoms with van der Waals surface area (Å²) in [5.41, 5.74) is 2.38. The highest BCUT2D eigenvalue weighted by atomic mass is 16.5. The van der Waals surface area contributed by atoms with E-state index in [1.807, 2.05) is 55.5 Å². The van der Waals surface area contributed by atoms with Crippen LogP contribution in [0.5, 0.6) is 11.5 Å². The van der Waals surface area contributed by atoms with E-state index in [2.05, 4.69) is 10.1 Å². The SMILES string of the molecule is COc1ccc(OCCn2cnc3c(cnn3-c3ccccc3C)c2=O)cc1. The Labute approximate surface area is 161 Å². The van der Waals surface area contributed by atoms with Gasteiger partial charge in [0.2, 0.25) is 0 Å². The monoisotopic (exact) mass is 376 g/mol. The molecule has 0 aliphatic heterocycles. The molecule has 142 valence electrons. The summed E-state index contributed by atoms with van der Waals surface area (Å²) in [4.78, 5) is 17.2. The highest BCUT2D eigenvalue weighted by Gasteiger charge is 2.12. The summed E-state index contributed by atoms with van der Waals surface area (Å²) in [6.45, 7) is 2.75. The zero-order valence-electron chi connectivity index (χ0n) is 15.7. The number of rotatable bonds is 6. The number of nitrogens with zero attached hydrogens (tertiary/aromatic N) is 4. The molecule has 0 atom stereocenters. The number of para-hydroxylation sites is 1. The van der Waals surface area contributed by atoms with Gasteiger partial charge in [0.1, 0.15) is 29.8 Å². The van der Waals surface area contributed by atoms with E-state index >= 15 is 0 Å². The Hall–Kier alpha value is -3.61. The van der Waals surface area contributed by atoms with Crippen LogP contribution in [0.2, 0.25) is 0 Å². The van der Waals surface area contributed by atoms with Gasteiger partial charge in [0.15, 0.2) is 5.65 Å². The number of hydrogen-bond donors (Lipinski definition) is 0. The van der Waals surface area contributed by atoms with E-state index in [-0.39, 0.29) is 5.56 Å². The lowest BCUT2D eigenvalue weighted by Crippen LogP contribution is -2.23. The van der Waals surface area contributed by atoms with E-state index in [1.165, 1.54) is 4.57 Å². The molecule has 0 saturated heterocycles. The molecule has 0 aliphatic carbocycles. The van der Waals surface area contributed by atoms with Crippen molar-refractivity contribution in [2.24, 2.45) is 0 Å². The third-order valence-corrected chi connectivity index (χ3v) is 4.56. The van der Waals surface area contributed by atoms with Crippen molar-refractivity contribution in [1.82, 2.24) is 19.3 Å². The number of aryl methyl sites for hydroxylation is 1. The summed E-state index contributed by atoms with van der Waals surface area (Å²) in [7, 11) is 1.62. The van der Waals surface area contributed by atoms with Crippen LogP contribution in [0, 0.1) is 6.92 Å². The van der Waals surface area contributed by atoms with Crippen LogP contribution in [0.1, 0.15) is 5.56 Å². The van der Waals surface area contributed by atoms with E-state index in [0.717, 1.165) is 22.7 Å². The van der Waals surface area contributed by atoms with E-state index in [1.54, 1.807) is 24.3 Å². The average molecular weight is 376 g/mol. The smallest absolute Gasteiger partial charge is 0.264 e. The van der Waals surface area contributed by atoms with Crippen LogP contribution in [0.25, 0.3) is 16.7 Å². The minimum absolute atomic E-state index is 0.136. The molecule has 4 rings (SSSR count). The molecule has 0 aliphatic rings. The molecule has 0 saturated carbocycles. The molecule has 0 fully saturated rings. The van der Waals surface area contributed by atoms with Gasteiger partial charge in [-0.3, -0.25) is 9.36 Å². The molecule has 28 heavy (non-hydrogen) atoms. The predicted octanol–water partition coefficient (Wildman–Crippen LogP) is 2.98. The van der Waals surface area contributed by atoms with Gasteiger partial charge in [-0.2, -0.15) is 5.10 Å². The van der Waals surface area contributed by atoms with Gasteiger partial charge in [-0.05, 0) is 42.8 Å². The molecule has 0 radical (unpaired) electrons. The van der Waals surface area contributed by atoms with Crippen molar-refractivity contribution in [1.29, 1.82) is 0 Å². The molecule has 2 aromatic carbocycles. The number of fused-ring (bicyclic) bond motifs is 1. The molecule has 0 amide bonds. The maximum atomic E-state index is 12.8. The third-order valence-electron chi connectivity index (χ3n) is 4.56. The summed E-state index contributed by atoms with van der Waals surface area (Å²) >= 11 is 0. The summed E-state index contributed by atoms with van der Waals surface area (Å²) in [6.07, 6.45) is 3.11. The molecule has 7 heteroatoms. The number of methoxy groups -OCH3 is 1. The third kappa shape index (κ3) is 3.34. The fourth-order valence-electron chi connectivity index (χ4n) is 3.02. The van der Waals surface area contributed by atoms with Crippen LogP contribution in [0.4, 0.5) is 0 Å². The molecule has 0 bridgehead atoms. The van der Waals surface area contributed by atoms with Crippen LogP contribution >= 0.6 is 0 Å². The quantitative estimate of drug-likeness (QED) is 0.517. The molecule has 2 aromatic heterocycles. The van der Waals surface area contributed by atoms with Gasteiger partial charge in [0.05, 0.1) is 25.5 Å². The minimum Gasteiger partial charge on any atom is -0.497 e. The topological polar surface area (TPSA) is 71.2 Å². The van der Waals surface area contributed by atoms with E-state index in [0.29, 0.717) is 24.2 Å². The maximum Gasteiger partial charge on any atom is 0.264 e. The lowest BCUT2D eigenvalue weighted by Gasteiger charge is -2.09. The van der Waals surface area contributed by atoms with Gasteiger partial charge in [-0.25, -0.2) is 9.67 Å². The van der Waals surface area contributed by atoms with Gasteiger partial charge < -0.3 is 9.47 Å². The second-order valence-corrected chi connectivity index (χ2v) is 6.35. The van der Waals surface area contributed by atoms with Crippen molar-refractivity contribution in [3.05, 3.63) is 77.0 Å². The highest BCUT2D eigenvalue weighted by Crippen LogP contribution is 2.18. The summed E-state index contributed by atoms with van der Waals surface area (Å²) < 4.78 is 14.1. The van der Waals surface area contributed by atoms with Gasteiger partial charge in [0, 0.05) is 0 Å². The van der Waals surface area contributed by atoms with Crippen molar-refractivity contribution < 1.29 is 9.47 Å². The summed E-state index contributed by atoms with van der Waals surface area (Å²) in [5, 5.41) is 4.85. The van der Waals surface area contributed by atoms with Crippen LogP contribution in [-0.2, 0) is 6.54 Å². The number of ether oxygens (including phenoxy) is 2. The van der Waals surface area contributed by atoms with Gasteiger partial charge in [-0.1, -0.05) is 18.2 Å². The Balaban J connectivity index is 1.53.